The van der Waals surface area contributed by atoms with Crippen LogP contribution in [0.4, 0.5) is 11.4 Å². The first kappa shape index (κ1) is 15.2. The number of thiophene rings is 1. The average molecular weight is 306 g/mol. The van der Waals surface area contributed by atoms with E-state index in [0.717, 1.165) is 4.88 Å². The molecule has 5 nitrogen and oxygen atoms in total. The molecule has 0 atom stereocenters. The summed E-state index contributed by atoms with van der Waals surface area (Å²) in [6, 6.07) is 6.95. The fourth-order valence-electron chi connectivity index (χ4n) is 1.82. The summed E-state index contributed by atoms with van der Waals surface area (Å²) in [7, 11) is 1.56. The first-order chi connectivity index (χ1) is 10.0. The number of nitrogen functional groups attached to an aromatic ring is 1. The summed E-state index contributed by atoms with van der Waals surface area (Å²) in [6.07, 6.45) is 0. The number of benzene rings is 1. The number of nitrogens with one attached hydrogen (secondary N) is 1. The van der Waals surface area contributed by atoms with Crippen LogP contribution in [-0.4, -0.2) is 19.6 Å². The lowest BCUT2D eigenvalue weighted by Gasteiger charge is -2.11. The molecule has 0 aliphatic heterocycles. The number of aryl methyl sites for hydroxylation is 1. The van der Waals surface area contributed by atoms with Gasteiger partial charge in [0, 0.05) is 22.3 Å². The van der Waals surface area contributed by atoms with E-state index in [9.17, 15) is 4.79 Å². The molecule has 1 aromatic heterocycles. The maximum absolute atomic E-state index is 12.2. The van der Waals surface area contributed by atoms with Crippen LogP contribution in [0.3, 0.4) is 0 Å². The normalized spacial score (nSPS) is 10.2. The number of methoxy groups -OCH3 is 1. The fraction of sp³-hybridized carbons (Fsp3) is 0.267. The largest absolute Gasteiger partial charge is 0.493 e. The molecule has 21 heavy (non-hydrogen) atoms. The maximum Gasteiger partial charge on any atom is 0.265 e. The van der Waals surface area contributed by atoms with Crippen LogP contribution < -0.4 is 20.5 Å². The Morgan fingerprint density at radius 3 is 2.67 bits per heavy atom. The lowest BCUT2D eigenvalue weighted by Crippen LogP contribution is -2.10. The molecule has 0 aliphatic carbocycles. The van der Waals surface area contributed by atoms with Crippen molar-refractivity contribution in [3.8, 4) is 11.5 Å². The molecule has 0 aliphatic rings. The summed E-state index contributed by atoms with van der Waals surface area (Å²) in [5, 5.41) is 2.82. The predicted molar refractivity (Wildman–Crippen MR) is 85.6 cm³/mol. The molecule has 1 amide bonds. The number of amides is 1. The van der Waals surface area contributed by atoms with E-state index in [-0.39, 0.29) is 5.91 Å². The van der Waals surface area contributed by atoms with Gasteiger partial charge in [-0.15, -0.1) is 11.3 Å². The van der Waals surface area contributed by atoms with Gasteiger partial charge in [0.25, 0.3) is 5.91 Å². The van der Waals surface area contributed by atoms with Gasteiger partial charge in [-0.1, -0.05) is 0 Å². The van der Waals surface area contributed by atoms with E-state index in [1.165, 1.54) is 11.3 Å². The number of hydrogen-bond donors (Lipinski definition) is 2. The quantitative estimate of drug-likeness (QED) is 0.889. The van der Waals surface area contributed by atoms with Gasteiger partial charge >= 0.3 is 0 Å². The van der Waals surface area contributed by atoms with Gasteiger partial charge in [0.1, 0.15) is 0 Å². The smallest absolute Gasteiger partial charge is 0.265 e. The van der Waals surface area contributed by atoms with Crippen molar-refractivity contribution in [2.75, 3.05) is 24.8 Å². The third-order valence-corrected chi connectivity index (χ3v) is 3.97. The van der Waals surface area contributed by atoms with Crippen LogP contribution in [0.15, 0.2) is 24.3 Å². The van der Waals surface area contributed by atoms with Crippen molar-refractivity contribution >= 4 is 28.6 Å². The molecule has 2 rings (SSSR count). The van der Waals surface area contributed by atoms with Crippen molar-refractivity contribution in [1.82, 2.24) is 0 Å². The van der Waals surface area contributed by atoms with Crippen molar-refractivity contribution in [1.29, 1.82) is 0 Å². The molecule has 112 valence electrons. The minimum atomic E-state index is -0.189. The molecule has 3 N–H and O–H groups in total. The van der Waals surface area contributed by atoms with Gasteiger partial charge < -0.3 is 20.5 Å². The maximum atomic E-state index is 12.2. The molecule has 0 unspecified atom stereocenters. The van der Waals surface area contributed by atoms with Gasteiger partial charge in [0.15, 0.2) is 11.5 Å². The zero-order valence-corrected chi connectivity index (χ0v) is 13.0. The summed E-state index contributed by atoms with van der Waals surface area (Å²) in [5.41, 5.74) is 7.04. The molecular formula is C15H18N2O3S. The van der Waals surface area contributed by atoms with Crippen LogP contribution in [0.1, 0.15) is 21.5 Å². The molecule has 1 heterocycles. The zero-order valence-electron chi connectivity index (χ0n) is 12.2. The summed E-state index contributed by atoms with van der Waals surface area (Å²) in [4.78, 5) is 13.7. The summed E-state index contributed by atoms with van der Waals surface area (Å²) in [6.45, 7) is 4.34. The van der Waals surface area contributed by atoms with Gasteiger partial charge in [-0.05, 0) is 32.0 Å². The van der Waals surface area contributed by atoms with Crippen molar-refractivity contribution in [2.45, 2.75) is 13.8 Å². The number of ether oxygens (including phenoxy) is 2. The monoisotopic (exact) mass is 306 g/mol. The van der Waals surface area contributed by atoms with Crippen LogP contribution in [0.25, 0.3) is 0 Å². The van der Waals surface area contributed by atoms with E-state index in [1.807, 2.05) is 13.8 Å². The van der Waals surface area contributed by atoms with Crippen LogP contribution in [0, 0.1) is 6.92 Å². The summed E-state index contributed by atoms with van der Waals surface area (Å²) in [5.74, 6) is 1.04. The second-order valence-electron chi connectivity index (χ2n) is 4.37. The van der Waals surface area contributed by atoms with Crippen LogP contribution in [0.5, 0.6) is 11.5 Å². The summed E-state index contributed by atoms with van der Waals surface area (Å²) < 4.78 is 10.7. The van der Waals surface area contributed by atoms with E-state index in [4.69, 9.17) is 15.2 Å². The molecular weight excluding hydrogens is 288 g/mol. The second kappa shape index (κ2) is 6.49. The van der Waals surface area contributed by atoms with Crippen LogP contribution >= 0.6 is 11.3 Å². The molecule has 0 saturated carbocycles. The Bertz CT molecular complexity index is 633. The average Bonchev–Trinajstić information content (AvgIpc) is 2.80. The third-order valence-electron chi connectivity index (χ3n) is 2.90. The number of anilines is 2. The van der Waals surface area contributed by atoms with Gasteiger partial charge in [0.05, 0.1) is 18.6 Å². The van der Waals surface area contributed by atoms with E-state index in [2.05, 4.69) is 5.32 Å². The Hall–Kier alpha value is -2.21. The van der Waals surface area contributed by atoms with E-state index < -0.39 is 0 Å². The topological polar surface area (TPSA) is 73.6 Å². The van der Waals surface area contributed by atoms with Gasteiger partial charge in [-0.2, -0.15) is 0 Å². The Morgan fingerprint density at radius 2 is 2.10 bits per heavy atom. The predicted octanol–water partition coefficient (Wildman–Crippen LogP) is 3.30. The van der Waals surface area contributed by atoms with Gasteiger partial charge in [-0.25, -0.2) is 0 Å². The second-order valence-corrected chi connectivity index (χ2v) is 5.63. The van der Waals surface area contributed by atoms with Crippen molar-refractivity contribution in [3.63, 3.8) is 0 Å². The molecule has 0 bridgehead atoms. The first-order valence-corrected chi connectivity index (χ1v) is 7.35. The van der Waals surface area contributed by atoms with Crippen molar-refractivity contribution in [2.24, 2.45) is 0 Å². The zero-order chi connectivity index (χ0) is 15.4. The molecule has 0 spiro atoms. The molecule has 0 fully saturated rings. The number of rotatable bonds is 5. The van der Waals surface area contributed by atoms with E-state index >= 15 is 0 Å². The number of carbonyl (C=O) groups is 1. The van der Waals surface area contributed by atoms with E-state index in [0.29, 0.717) is 34.4 Å². The number of hydrogen-bond acceptors (Lipinski definition) is 5. The standard InChI is InChI=1S/C15H18N2O3S/c1-4-20-12-6-5-10(7-13(12)19-3)17-15(18)14-8-11(16)9(2)21-14/h5-8H,4,16H2,1-3H3,(H,17,18). The Labute approximate surface area is 127 Å². The highest BCUT2D eigenvalue weighted by Crippen LogP contribution is 2.31. The first-order valence-electron chi connectivity index (χ1n) is 6.53. The molecule has 1 aromatic carbocycles. The molecule has 2 aromatic rings. The van der Waals surface area contributed by atoms with Crippen LogP contribution in [-0.2, 0) is 0 Å². The third kappa shape index (κ3) is 3.46. The van der Waals surface area contributed by atoms with Crippen molar-refractivity contribution < 1.29 is 14.3 Å². The Balaban J connectivity index is 2.17. The molecule has 6 heteroatoms. The highest BCUT2D eigenvalue weighted by molar-refractivity contribution is 7.14. The minimum absolute atomic E-state index is 0.189. The lowest BCUT2D eigenvalue weighted by atomic mass is 10.2. The minimum Gasteiger partial charge on any atom is -0.493 e. The highest BCUT2D eigenvalue weighted by atomic mass is 32.1. The SMILES string of the molecule is CCOc1ccc(NC(=O)c2cc(N)c(C)s2)cc1OC. The fourth-order valence-corrected chi connectivity index (χ4v) is 2.66. The lowest BCUT2D eigenvalue weighted by molar-refractivity contribution is 0.103. The summed E-state index contributed by atoms with van der Waals surface area (Å²) >= 11 is 1.37. The number of nitrogens with two attached hydrogens (primary N) is 1. The highest BCUT2D eigenvalue weighted by Gasteiger charge is 2.12. The Kier molecular flexibility index (Phi) is 4.70. The number of carbonyl (C=O) groups excluding carboxylic acids is 1. The molecule has 0 saturated heterocycles. The van der Waals surface area contributed by atoms with E-state index in [1.54, 1.807) is 31.4 Å². The van der Waals surface area contributed by atoms with Crippen LogP contribution in [0.2, 0.25) is 0 Å². The molecule has 0 radical (unpaired) electrons. The Morgan fingerprint density at radius 1 is 1.33 bits per heavy atom. The van der Waals surface area contributed by atoms with Gasteiger partial charge in [0.2, 0.25) is 0 Å². The van der Waals surface area contributed by atoms with Crippen molar-refractivity contribution in [3.05, 3.63) is 34.0 Å². The van der Waals surface area contributed by atoms with Gasteiger partial charge in [-0.3, -0.25) is 4.79 Å².